The summed E-state index contributed by atoms with van der Waals surface area (Å²) in [5, 5.41) is 0. The molecule has 1 rings (SSSR count). The van der Waals surface area contributed by atoms with E-state index in [0.717, 1.165) is 0 Å². The summed E-state index contributed by atoms with van der Waals surface area (Å²) in [6, 6.07) is 1.73. The zero-order chi connectivity index (χ0) is 5.82. The SMILES string of the molecule is CCOc1[c]occ1. The smallest absolute Gasteiger partial charge is 0.214 e. The van der Waals surface area contributed by atoms with Crippen molar-refractivity contribution in [2.75, 3.05) is 6.61 Å². The summed E-state index contributed by atoms with van der Waals surface area (Å²) >= 11 is 0. The third kappa shape index (κ3) is 1.03. The monoisotopic (exact) mass is 111 g/mol. The zero-order valence-corrected chi connectivity index (χ0v) is 4.68. The Morgan fingerprint density at radius 1 is 1.88 bits per heavy atom. The van der Waals surface area contributed by atoms with Gasteiger partial charge in [-0.25, -0.2) is 0 Å². The van der Waals surface area contributed by atoms with Crippen molar-refractivity contribution in [3.05, 3.63) is 18.6 Å². The van der Waals surface area contributed by atoms with Crippen LogP contribution in [0.25, 0.3) is 0 Å². The number of hydrogen-bond donors (Lipinski definition) is 0. The zero-order valence-electron chi connectivity index (χ0n) is 4.68. The Balaban J connectivity index is 2.50. The molecule has 1 aromatic rings. The van der Waals surface area contributed by atoms with Crippen molar-refractivity contribution in [1.29, 1.82) is 0 Å². The molecule has 1 heterocycles. The van der Waals surface area contributed by atoms with Gasteiger partial charge in [0.05, 0.1) is 12.9 Å². The Bertz CT molecular complexity index is 132. The summed E-state index contributed by atoms with van der Waals surface area (Å²) in [5.41, 5.74) is 0. The molecule has 0 aromatic carbocycles. The highest BCUT2D eigenvalue weighted by Gasteiger charge is 1.89. The molecule has 0 aliphatic heterocycles. The van der Waals surface area contributed by atoms with Gasteiger partial charge in [0.2, 0.25) is 6.26 Å². The molecule has 0 bridgehead atoms. The predicted molar refractivity (Wildman–Crippen MR) is 28.7 cm³/mol. The molecule has 2 nitrogen and oxygen atoms in total. The van der Waals surface area contributed by atoms with Gasteiger partial charge in [-0.3, -0.25) is 0 Å². The summed E-state index contributed by atoms with van der Waals surface area (Å²) in [6.07, 6.45) is 4.07. The first-order valence-corrected chi connectivity index (χ1v) is 2.51. The second-order valence-corrected chi connectivity index (χ2v) is 1.32. The number of hydrogen-bond acceptors (Lipinski definition) is 2. The Labute approximate surface area is 48.1 Å². The lowest BCUT2D eigenvalue weighted by Gasteiger charge is -1.92. The van der Waals surface area contributed by atoms with E-state index in [1.807, 2.05) is 6.92 Å². The van der Waals surface area contributed by atoms with E-state index in [4.69, 9.17) is 4.74 Å². The van der Waals surface area contributed by atoms with Crippen LogP contribution in [0.5, 0.6) is 5.75 Å². The normalized spacial score (nSPS) is 9.12. The summed E-state index contributed by atoms with van der Waals surface area (Å²) in [7, 11) is 0. The van der Waals surface area contributed by atoms with Crippen LogP contribution in [0.15, 0.2) is 16.7 Å². The molecule has 0 aliphatic rings. The highest BCUT2D eigenvalue weighted by molar-refractivity contribution is 5.10. The number of furan rings is 1. The van der Waals surface area contributed by atoms with Crippen molar-refractivity contribution in [3.63, 3.8) is 0 Å². The third-order valence-electron chi connectivity index (χ3n) is 0.747. The number of rotatable bonds is 2. The van der Waals surface area contributed by atoms with Crippen LogP contribution in [0.1, 0.15) is 6.92 Å². The maximum atomic E-state index is 5.00. The molecule has 0 amide bonds. The fourth-order valence-corrected chi connectivity index (χ4v) is 0.455. The standard InChI is InChI=1S/C6H7O2/c1-2-8-6-3-4-7-5-6/h3-4H,2H2,1H3. The van der Waals surface area contributed by atoms with Crippen LogP contribution < -0.4 is 4.74 Å². The van der Waals surface area contributed by atoms with Gasteiger partial charge in [-0.1, -0.05) is 0 Å². The molecule has 0 N–H and O–H groups in total. The van der Waals surface area contributed by atoms with Crippen LogP contribution >= 0.6 is 0 Å². The van der Waals surface area contributed by atoms with Crippen LogP contribution in [-0.2, 0) is 0 Å². The molecule has 0 spiro atoms. The van der Waals surface area contributed by atoms with Crippen molar-refractivity contribution in [2.45, 2.75) is 6.92 Å². The van der Waals surface area contributed by atoms with E-state index in [1.165, 1.54) is 6.26 Å². The van der Waals surface area contributed by atoms with Gasteiger partial charge in [-0.05, 0) is 6.92 Å². The Morgan fingerprint density at radius 2 is 2.75 bits per heavy atom. The first kappa shape index (κ1) is 5.22. The molecule has 43 valence electrons. The van der Waals surface area contributed by atoms with Crippen molar-refractivity contribution < 1.29 is 9.15 Å². The second kappa shape index (κ2) is 2.40. The average molecular weight is 111 g/mol. The van der Waals surface area contributed by atoms with Crippen molar-refractivity contribution >= 4 is 0 Å². The van der Waals surface area contributed by atoms with E-state index in [9.17, 15) is 0 Å². The minimum Gasteiger partial charge on any atom is -0.490 e. The van der Waals surface area contributed by atoms with Gasteiger partial charge in [-0.2, -0.15) is 0 Å². The van der Waals surface area contributed by atoms with E-state index in [0.29, 0.717) is 12.4 Å². The Morgan fingerprint density at radius 3 is 3.25 bits per heavy atom. The topological polar surface area (TPSA) is 22.4 Å². The van der Waals surface area contributed by atoms with Crippen LogP contribution in [0.3, 0.4) is 0 Å². The van der Waals surface area contributed by atoms with Crippen LogP contribution in [0.2, 0.25) is 0 Å². The van der Waals surface area contributed by atoms with Gasteiger partial charge in [0.15, 0.2) is 5.75 Å². The van der Waals surface area contributed by atoms with E-state index < -0.39 is 0 Å². The molecule has 0 saturated carbocycles. The van der Waals surface area contributed by atoms with Gasteiger partial charge in [0.25, 0.3) is 0 Å². The van der Waals surface area contributed by atoms with Gasteiger partial charge in [0, 0.05) is 6.07 Å². The maximum Gasteiger partial charge on any atom is 0.214 e. The molecular formula is C6H7O2. The van der Waals surface area contributed by atoms with E-state index in [2.05, 4.69) is 10.7 Å². The first-order valence-electron chi connectivity index (χ1n) is 2.51. The largest absolute Gasteiger partial charge is 0.490 e. The van der Waals surface area contributed by atoms with E-state index in [-0.39, 0.29) is 0 Å². The third-order valence-corrected chi connectivity index (χ3v) is 0.747. The molecule has 1 aromatic heterocycles. The first-order chi connectivity index (χ1) is 3.93. The lowest BCUT2D eigenvalue weighted by molar-refractivity contribution is 0.334. The molecule has 0 fully saturated rings. The summed E-state index contributed by atoms with van der Waals surface area (Å²) in [4.78, 5) is 0. The average Bonchev–Trinajstić information content (AvgIpc) is 2.19. The second-order valence-electron chi connectivity index (χ2n) is 1.32. The quantitative estimate of drug-likeness (QED) is 0.576. The van der Waals surface area contributed by atoms with Crippen LogP contribution in [-0.4, -0.2) is 6.61 Å². The molecule has 0 atom stereocenters. The summed E-state index contributed by atoms with van der Waals surface area (Å²) in [5.74, 6) is 0.674. The number of ether oxygens (including phenoxy) is 1. The molecule has 0 unspecified atom stereocenters. The fourth-order valence-electron chi connectivity index (χ4n) is 0.455. The lowest BCUT2D eigenvalue weighted by atomic mass is 10.6. The van der Waals surface area contributed by atoms with Gasteiger partial charge in [-0.15, -0.1) is 0 Å². The van der Waals surface area contributed by atoms with Gasteiger partial charge < -0.3 is 9.15 Å². The minimum absolute atomic E-state index is 0.663. The molecular weight excluding hydrogens is 104 g/mol. The van der Waals surface area contributed by atoms with E-state index >= 15 is 0 Å². The van der Waals surface area contributed by atoms with Gasteiger partial charge >= 0.3 is 0 Å². The predicted octanol–water partition coefficient (Wildman–Crippen LogP) is 1.48. The molecule has 0 aliphatic carbocycles. The lowest BCUT2D eigenvalue weighted by Crippen LogP contribution is -1.87. The van der Waals surface area contributed by atoms with Crippen molar-refractivity contribution in [2.24, 2.45) is 0 Å². The summed E-state index contributed by atoms with van der Waals surface area (Å²) in [6.45, 7) is 2.58. The highest BCUT2D eigenvalue weighted by Crippen LogP contribution is 2.07. The van der Waals surface area contributed by atoms with Gasteiger partial charge in [0.1, 0.15) is 0 Å². The van der Waals surface area contributed by atoms with E-state index in [1.54, 1.807) is 6.07 Å². The van der Waals surface area contributed by atoms with Crippen LogP contribution in [0.4, 0.5) is 0 Å². The Hall–Kier alpha value is -0.920. The fraction of sp³-hybridized carbons (Fsp3) is 0.333. The Kier molecular flexibility index (Phi) is 1.57. The minimum atomic E-state index is 0.663. The highest BCUT2D eigenvalue weighted by atomic mass is 16.5. The van der Waals surface area contributed by atoms with Crippen molar-refractivity contribution in [1.82, 2.24) is 0 Å². The van der Waals surface area contributed by atoms with Crippen molar-refractivity contribution in [3.8, 4) is 5.75 Å². The molecule has 2 heteroatoms. The molecule has 1 radical (unpaired) electrons. The molecule has 0 saturated heterocycles. The van der Waals surface area contributed by atoms with Crippen LogP contribution in [0, 0.1) is 6.26 Å². The maximum absolute atomic E-state index is 5.00. The molecule has 8 heavy (non-hydrogen) atoms. The summed E-state index contributed by atoms with van der Waals surface area (Å²) < 4.78 is 9.61.